The van der Waals surface area contributed by atoms with Crippen molar-refractivity contribution in [1.82, 2.24) is 10.0 Å². The number of rotatable bonds is 2. The Morgan fingerprint density at radius 2 is 2.40 bits per heavy atom. The van der Waals surface area contributed by atoms with Crippen LogP contribution in [0.1, 0.15) is 6.42 Å². The van der Waals surface area contributed by atoms with Crippen molar-refractivity contribution < 1.29 is 5.11 Å². The molecule has 60 valence electrons. The molecule has 1 aliphatic rings. The van der Waals surface area contributed by atoms with Crippen LogP contribution in [0.15, 0.2) is 0 Å². The zero-order chi connectivity index (χ0) is 7.40. The molecule has 1 saturated heterocycles. The van der Waals surface area contributed by atoms with Gasteiger partial charge in [0.25, 0.3) is 0 Å². The number of hydrogen-bond acceptors (Lipinski definition) is 4. The van der Waals surface area contributed by atoms with Gasteiger partial charge in [-0.05, 0) is 12.7 Å². The number of nitrogens with one attached hydrogen (secondary N) is 2. The maximum Gasteiger partial charge on any atom is 0.0680 e. The van der Waals surface area contributed by atoms with Crippen LogP contribution in [-0.4, -0.2) is 36.6 Å². The van der Waals surface area contributed by atoms with Gasteiger partial charge >= 0.3 is 0 Å². The third-order valence-electron chi connectivity index (χ3n) is 1.61. The van der Waals surface area contributed by atoms with Gasteiger partial charge in [0, 0.05) is 19.1 Å². The van der Waals surface area contributed by atoms with E-state index in [1.165, 1.54) is 0 Å². The first-order valence-corrected chi connectivity index (χ1v) is 4.72. The Morgan fingerprint density at radius 1 is 1.60 bits per heavy atom. The average Bonchev–Trinajstić information content (AvgIpc) is 1.88. The van der Waals surface area contributed by atoms with Crippen LogP contribution in [0.25, 0.3) is 0 Å². The van der Waals surface area contributed by atoms with E-state index in [-0.39, 0.29) is 6.10 Å². The lowest BCUT2D eigenvalue weighted by molar-refractivity contribution is 0.130. The fraction of sp³-hybridized carbons (Fsp3) is 1.00. The van der Waals surface area contributed by atoms with Gasteiger partial charge in [0.2, 0.25) is 0 Å². The van der Waals surface area contributed by atoms with E-state index in [9.17, 15) is 5.11 Å². The van der Waals surface area contributed by atoms with Gasteiger partial charge < -0.3 is 10.4 Å². The molecule has 1 heterocycles. The highest BCUT2D eigenvalue weighted by Gasteiger charge is 2.18. The van der Waals surface area contributed by atoms with E-state index in [4.69, 9.17) is 0 Å². The molecule has 0 bridgehead atoms. The monoisotopic (exact) mass is 162 g/mol. The van der Waals surface area contributed by atoms with Gasteiger partial charge in [-0.15, -0.1) is 0 Å². The van der Waals surface area contributed by atoms with E-state index in [1.54, 1.807) is 11.9 Å². The molecular weight excluding hydrogens is 148 g/mol. The summed E-state index contributed by atoms with van der Waals surface area (Å²) in [5, 5.41) is 12.3. The van der Waals surface area contributed by atoms with Crippen molar-refractivity contribution in [3.8, 4) is 0 Å². The van der Waals surface area contributed by atoms with E-state index in [1.807, 2.05) is 6.26 Å². The van der Waals surface area contributed by atoms with Gasteiger partial charge in [-0.25, -0.2) is 0 Å². The highest BCUT2D eigenvalue weighted by atomic mass is 32.2. The van der Waals surface area contributed by atoms with Crippen molar-refractivity contribution in [2.75, 3.05) is 19.3 Å². The predicted molar refractivity (Wildman–Crippen MR) is 43.9 cm³/mol. The van der Waals surface area contributed by atoms with Crippen molar-refractivity contribution in [1.29, 1.82) is 0 Å². The second kappa shape index (κ2) is 4.18. The van der Waals surface area contributed by atoms with Crippen LogP contribution < -0.4 is 10.0 Å². The molecule has 0 radical (unpaired) electrons. The van der Waals surface area contributed by atoms with E-state index in [0.717, 1.165) is 19.5 Å². The lowest BCUT2D eigenvalue weighted by Crippen LogP contribution is -2.47. The molecule has 0 aromatic rings. The summed E-state index contributed by atoms with van der Waals surface area (Å²) in [5.41, 5.74) is 0. The van der Waals surface area contributed by atoms with Crippen LogP contribution in [0.2, 0.25) is 0 Å². The lowest BCUT2D eigenvalue weighted by Gasteiger charge is -2.26. The van der Waals surface area contributed by atoms with Gasteiger partial charge in [-0.1, -0.05) is 11.9 Å². The number of aliphatic hydroxyl groups excluding tert-OH is 1. The summed E-state index contributed by atoms with van der Waals surface area (Å²) in [5.74, 6) is 0. The largest absolute Gasteiger partial charge is 0.392 e. The first-order chi connectivity index (χ1) is 4.83. The quantitative estimate of drug-likeness (QED) is 0.482. The minimum atomic E-state index is -0.168. The van der Waals surface area contributed by atoms with Crippen molar-refractivity contribution in [2.24, 2.45) is 0 Å². The number of piperidine rings is 1. The SMILES string of the molecule is CSN[C@H]1CNC[C@@H](O)C1. The van der Waals surface area contributed by atoms with Gasteiger partial charge in [0.15, 0.2) is 0 Å². The predicted octanol–water partition coefficient (Wildman–Crippen LogP) is -0.423. The van der Waals surface area contributed by atoms with Gasteiger partial charge in [0.1, 0.15) is 0 Å². The second-order valence-electron chi connectivity index (χ2n) is 2.57. The van der Waals surface area contributed by atoms with Gasteiger partial charge in [-0.2, -0.15) is 0 Å². The van der Waals surface area contributed by atoms with E-state index in [0.29, 0.717) is 6.04 Å². The van der Waals surface area contributed by atoms with Crippen LogP contribution in [0.3, 0.4) is 0 Å². The maximum absolute atomic E-state index is 9.19. The minimum absolute atomic E-state index is 0.168. The van der Waals surface area contributed by atoms with Crippen molar-refractivity contribution >= 4 is 11.9 Å². The molecule has 2 atom stereocenters. The smallest absolute Gasteiger partial charge is 0.0680 e. The van der Waals surface area contributed by atoms with Crippen molar-refractivity contribution in [3.05, 3.63) is 0 Å². The summed E-state index contributed by atoms with van der Waals surface area (Å²) < 4.78 is 3.21. The third kappa shape index (κ3) is 2.46. The van der Waals surface area contributed by atoms with E-state index in [2.05, 4.69) is 10.0 Å². The fourth-order valence-electron chi connectivity index (χ4n) is 1.18. The zero-order valence-corrected chi connectivity index (χ0v) is 6.95. The molecule has 0 saturated carbocycles. The van der Waals surface area contributed by atoms with Crippen molar-refractivity contribution in [3.63, 3.8) is 0 Å². The molecule has 0 spiro atoms. The summed E-state index contributed by atoms with van der Waals surface area (Å²) in [4.78, 5) is 0. The average molecular weight is 162 g/mol. The number of aliphatic hydroxyl groups is 1. The summed E-state index contributed by atoms with van der Waals surface area (Å²) in [7, 11) is 0. The molecule has 10 heavy (non-hydrogen) atoms. The Labute approximate surface area is 65.7 Å². The van der Waals surface area contributed by atoms with Crippen LogP contribution in [0.4, 0.5) is 0 Å². The zero-order valence-electron chi connectivity index (χ0n) is 6.13. The molecule has 0 aromatic carbocycles. The second-order valence-corrected chi connectivity index (χ2v) is 3.21. The lowest BCUT2D eigenvalue weighted by atomic mass is 10.1. The topological polar surface area (TPSA) is 44.3 Å². The Hall–Kier alpha value is 0.230. The number of hydrogen-bond donors (Lipinski definition) is 3. The highest BCUT2D eigenvalue weighted by Crippen LogP contribution is 2.04. The molecule has 1 aliphatic heterocycles. The number of β-amino-alcohol motifs (C(OH)–C–C–N with tert-alkyl or cyclic N) is 1. The molecule has 0 aliphatic carbocycles. The summed E-state index contributed by atoms with van der Waals surface area (Å²) in [6.45, 7) is 1.71. The first kappa shape index (κ1) is 8.33. The molecule has 4 heteroatoms. The molecule has 0 aromatic heterocycles. The van der Waals surface area contributed by atoms with E-state index < -0.39 is 0 Å². The molecule has 3 N–H and O–H groups in total. The third-order valence-corrected chi connectivity index (χ3v) is 2.18. The maximum atomic E-state index is 9.19. The molecule has 0 unspecified atom stereocenters. The molecule has 1 rings (SSSR count). The van der Waals surface area contributed by atoms with Crippen LogP contribution in [0, 0.1) is 0 Å². The van der Waals surface area contributed by atoms with Gasteiger partial charge in [-0.3, -0.25) is 4.72 Å². The Balaban J connectivity index is 2.18. The summed E-state index contributed by atoms with van der Waals surface area (Å²) in [6.07, 6.45) is 2.70. The van der Waals surface area contributed by atoms with Gasteiger partial charge in [0.05, 0.1) is 6.10 Å². The molecular formula is C6H14N2OS. The Bertz CT molecular complexity index is 99.7. The minimum Gasteiger partial charge on any atom is -0.392 e. The molecule has 1 fully saturated rings. The normalized spacial score (nSPS) is 34.2. The summed E-state index contributed by atoms with van der Waals surface area (Å²) in [6, 6.07) is 0.429. The molecule has 0 amide bonds. The fourth-order valence-corrected chi connectivity index (χ4v) is 1.69. The van der Waals surface area contributed by atoms with Crippen LogP contribution >= 0.6 is 11.9 Å². The highest BCUT2D eigenvalue weighted by molar-refractivity contribution is 7.96. The van der Waals surface area contributed by atoms with Crippen LogP contribution in [-0.2, 0) is 0 Å². The first-order valence-electron chi connectivity index (χ1n) is 3.50. The van der Waals surface area contributed by atoms with E-state index >= 15 is 0 Å². The summed E-state index contributed by atoms with van der Waals surface area (Å²) >= 11 is 1.61. The Morgan fingerprint density at radius 3 is 3.00 bits per heavy atom. The van der Waals surface area contributed by atoms with Crippen LogP contribution in [0.5, 0.6) is 0 Å². The standard InChI is InChI=1S/C6H14N2OS/c1-10-8-5-2-6(9)4-7-3-5/h5-9H,2-4H2,1H3/t5-,6+/m1/s1. The molecule has 3 nitrogen and oxygen atoms in total. The van der Waals surface area contributed by atoms with Crippen molar-refractivity contribution in [2.45, 2.75) is 18.6 Å². The Kier molecular flexibility index (Phi) is 3.48.